The lowest BCUT2D eigenvalue weighted by Gasteiger charge is -2.52. The van der Waals surface area contributed by atoms with Gasteiger partial charge in [0.05, 0.1) is 50.6 Å². The van der Waals surface area contributed by atoms with Crippen LogP contribution in [-0.2, 0) is 9.53 Å². The summed E-state index contributed by atoms with van der Waals surface area (Å²) >= 11 is 0. The maximum atomic E-state index is 13.0. The molecule has 5 aliphatic rings. The first-order valence-corrected chi connectivity index (χ1v) is 12.1. The number of hydrogen-bond donors (Lipinski definition) is 2. The molecule has 5 rings (SSSR count). The fourth-order valence-electron chi connectivity index (χ4n) is 9.14. The van der Waals surface area contributed by atoms with E-state index in [1.807, 2.05) is 0 Å². The van der Waals surface area contributed by atoms with E-state index in [4.69, 9.17) is 4.74 Å². The van der Waals surface area contributed by atoms with Gasteiger partial charge in [0.1, 0.15) is 12.0 Å². The molecule has 4 nitrogen and oxygen atoms in total. The highest BCUT2D eigenvalue weighted by molar-refractivity contribution is 5.75. The fourth-order valence-corrected chi connectivity index (χ4v) is 9.14. The zero-order valence-electron chi connectivity index (χ0n) is 19.1. The normalized spacial score (nSPS) is 54.5. The van der Waals surface area contributed by atoms with Crippen LogP contribution in [0.15, 0.2) is 12.2 Å². The molecule has 0 spiro atoms. The molecule has 0 aromatic heterocycles. The van der Waals surface area contributed by atoms with E-state index in [1.165, 1.54) is 57.4 Å². The summed E-state index contributed by atoms with van der Waals surface area (Å²) in [6.07, 6.45) is 7.40. The van der Waals surface area contributed by atoms with Crippen LogP contribution in [0.5, 0.6) is 0 Å². The van der Waals surface area contributed by atoms with Crippen LogP contribution in [0.2, 0.25) is 0 Å². The van der Waals surface area contributed by atoms with Crippen molar-refractivity contribution in [3.63, 3.8) is 0 Å². The monoisotopic (exact) mass is 402 g/mol. The molecular weight excluding hydrogens is 360 g/mol. The molecule has 162 valence electrons. The average molecular weight is 403 g/mol. The maximum Gasteiger partial charge on any atom is 0.315 e. The summed E-state index contributed by atoms with van der Waals surface area (Å²) in [6, 6.07) is 0. The number of fused-ring (bicyclic) bond motifs is 4. The van der Waals surface area contributed by atoms with Gasteiger partial charge in [-0.2, -0.15) is 0 Å². The highest BCUT2D eigenvalue weighted by atomic mass is 16.6. The van der Waals surface area contributed by atoms with E-state index in [1.54, 1.807) is 9.80 Å². The molecule has 0 radical (unpaired) electrons. The Morgan fingerprint density at radius 2 is 1.83 bits per heavy atom. The Balaban J connectivity index is 1.33. The molecule has 3 saturated heterocycles. The predicted octanol–water partition coefficient (Wildman–Crippen LogP) is 1.13. The summed E-state index contributed by atoms with van der Waals surface area (Å²) in [5, 5.41) is 0. The van der Waals surface area contributed by atoms with E-state index in [0.29, 0.717) is 28.1 Å². The van der Waals surface area contributed by atoms with Crippen LogP contribution in [-0.4, -0.2) is 51.8 Å². The lowest BCUT2D eigenvalue weighted by Crippen LogP contribution is -3.23. The number of piperidine rings is 2. The standard InChI is InChI=1S/C25H40N2O2/c1-17-7-6-8-25(4)10-21-18(9-20(17)25)19(22(28)29-21)11-27-15-23(2)12-24(3,16-27)14-26(5)13-23/h18-21H,1,6-16H2,2-5H3/p+2/t18-,19-,20+,21+,23-,24+,25-/m0/s1. The zero-order valence-corrected chi connectivity index (χ0v) is 19.1. The molecule has 3 aliphatic heterocycles. The number of quaternary nitrogens is 2. The van der Waals surface area contributed by atoms with Gasteiger partial charge in [-0.05, 0) is 63.7 Å². The lowest BCUT2D eigenvalue weighted by atomic mass is 9.55. The van der Waals surface area contributed by atoms with Crippen LogP contribution < -0.4 is 9.80 Å². The number of nitrogens with one attached hydrogen (secondary N) is 2. The summed E-state index contributed by atoms with van der Waals surface area (Å²) in [4.78, 5) is 16.3. The third kappa shape index (κ3) is 3.39. The van der Waals surface area contributed by atoms with E-state index in [-0.39, 0.29) is 18.0 Å². The Morgan fingerprint density at radius 3 is 2.52 bits per heavy atom. The van der Waals surface area contributed by atoms with E-state index in [9.17, 15) is 4.79 Å². The van der Waals surface area contributed by atoms with Crippen molar-refractivity contribution in [3.05, 3.63) is 12.2 Å². The third-order valence-electron chi connectivity index (χ3n) is 9.49. The minimum Gasteiger partial charge on any atom is -0.462 e. The van der Waals surface area contributed by atoms with Crippen LogP contribution in [0, 0.1) is 34.0 Å². The second-order valence-corrected chi connectivity index (χ2v) is 12.8. The van der Waals surface area contributed by atoms with Gasteiger partial charge in [-0.15, -0.1) is 0 Å². The molecule has 9 atom stereocenters. The van der Waals surface area contributed by atoms with Crippen molar-refractivity contribution in [2.45, 2.75) is 65.4 Å². The molecule has 2 unspecified atom stereocenters. The topological polar surface area (TPSA) is 35.2 Å². The van der Waals surface area contributed by atoms with Crippen molar-refractivity contribution < 1.29 is 19.3 Å². The van der Waals surface area contributed by atoms with Crippen LogP contribution in [0.4, 0.5) is 0 Å². The van der Waals surface area contributed by atoms with Gasteiger partial charge >= 0.3 is 5.97 Å². The number of carbonyl (C=O) groups is 1. The number of ether oxygens (including phenoxy) is 1. The molecule has 0 aromatic rings. The van der Waals surface area contributed by atoms with Crippen molar-refractivity contribution >= 4 is 5.97 Å². The number of allylic oxidation sites excluding steroid dienone is 1. The predicted molar refractivity (Wildman–Crippen MR) is 114 cm³/mol. The van der Waals surface area contributed by atoms with Gasteiger partial charge in [-0.3, -0.25) is 4.79 Å². The average Bonchev–Trinajstić information content (AvgIpc) is 2.84. The molecule has 4 heteroatoms. The highest BCUT2D eigenvalue weighted by Gasteiger charge is 2.58. The van der Waals surface area contributed by atoms with Gasteiger partial charge in [-0.1, -0.05) is 19.1 Å². The summed E-state index contributed by atoms with van der Waals surface area (Å²) in [5.41, 5.74) is 2.57. The van der Waals surface area contributed by atoms with Crippen LogP contribution in [0.3, 0.4) is 0 Å². The Labute approximate surface area is 177 Å². The van der Waals surface area contributed by atoms with Crippen LogP contribution >= 0.6 is 0 Å². The second-order valence-electron chi connectivity index (χ2n) is 12.8. The summed E-state index contributed by atoms with van der Waals surface area (Å²) in [5.74, 6) is 1.22. The van der Waals surface area contributed by atoms with Crippen molar-refractivity contribution in [3.8, 4) is 0 Å². The highest BCUT2D eigenvalue weighted by Crippen LogP contribution is 2.56. The van der Waals surface area contributed by atoms with Crippen molar-refractivity contribution in [1.29, 1.82) is 0 Å². The van der Waals surface area contributed by atoms with E-state index in [0.717, 1.165) is 19.4 Å². The number of rotatable bonds is 2. The molecule has 2 bridgehead atoms. The van der Waals surface area contributed by atoms with Gasteiger partial charge in [0.25, 0.3) is 0 Å². The fraction of sp³-hybridized carbons (Fsp3) is 0.880. The summed E-state index contributed by atoms with van der Waals surface area (Å²) in [7, 11) is 2.36. The smallest absolute Gasteiger partial charge is 0.315 e. The van der Waals surface area contributed by atoms with Gasteiger partial charge in [-0.25, -0.2) is 0 Å². The first-order valence-electron chi connectivity index (χ1n) is 12.1. The molecule has 0 aromatic carbocycles. The minimum absolute atomic E-state index is 0.102. The zero-order chi connectivity index (χ0) is 20.6. The molecule has 3 heterocycles. The quantitative estimate of drug-likeness (QED) is 0.537. The molecule has 29 heavy (non-hydrogen) atoms. The Kier molecular flexibility index (Phi) is 4.54. The van der Waals surface area contributed by atoms with Gasteiger partial charge in [0.2, 0.25) is 0 Å². The molecule has 2 N–H and O–H groups in total. The van der Waals surface area contributed by atoms with Crippen LogP contribution in [0.25, 0.3) is 0 Å². The van der Waals surface area contributed by atoms with Crippen LogP contribution in [0.1, 0.15) is 59.3 Å². The largest absolute Gasteiger partial charge is 0.462 e. The van der Waals surface area contributed by atoms with E-state index in [2.05, 4.69) is 34.4 Å². The molecule has 2 saturated carbocycles. The first-order chi connectivity index (χ1) is 13.6. The third-order valence-corrected chi connectivity index (χ3v) is 9.49. The lowest BCUT2D eigenvalue weighted by molar-refractivity contribution is -0.966. The number of likely N-dealkylation sites (tertiary alicyclic amines) is 2. The maximum absolute atomic E-state index is 13.0. The Hall–Kier alpha value is -0.870. The molecule has 0 amide bonds. The van der Waals surface area contributed by atoms with Gasteiger partial charge in [0, 0.05) is 5.92 Å². The molecular formula is C25H42N2O2+2. The Morgan fingerprint density at radius 1 is 1.14 bits per heavy atom. The van der Waals surface area contributed by atoms with E-state index < -0.39 is 0 Å². The SMILES string of the molecule is C=C1CCC[C@@]2(C)C[C@H]3OC(=O)[C@@H](C[NH+]4C[C@]5(C)C[NH+](C)C[C@](C)(C4)C5)[C@@H]3C[C@H]12. The first kappa shape index (κ1) is 20.1. The minimum atomic E-state index is 0.102. The van der Waals surface area contributed by atoms with Gasteiger partial charge in [0.15, 0.2) is 0 Å². The molecule has 2 aliphatic carbocycles. The van der Waals surface area contributed by atoms with Crippen molar-refractivity contribution in [1.82, 2.24) is 0 Å². The van der Waals surface area contributed by atoms with E-state index >= 15 is 0 Å². The molecule has 5 fully saturated rings. The Bertz CT molecular complexity index is 702. The number of esters is 1. The van der Waals surface area contributed by atoms with Crippen molar-refractivity contribution in [2.75, 3.05) is 39.8 Å². The number of carbonyl (C=O) groups excluding carboxylic acids is 1. The summed E-state index contributed by atoms with van der Waals surface area (Å²) in [6.45, 7) is 17.8. The summed E-state index contributed by atoms with van der Waals surface area (Å²) < 4.78 is 6.04. The second kappa shape index (κ2) is 6.56. The number of hydrogen-bond acceptors (Lipinski definition) is 2. The van der Waals surface area contributed by atoms with Crippen molar-refractivity contribution in [2.24, 2.45) is 34.0 Å². The van der Waals surface area contributed by atoms with Gasteiger partial charge < -0.3 is 14.5 Å².